The number of morpholine rings is 1. The monoisotopic (exact) mass is 267 g/mol. The van der Waals surface area contributed by atoms with E-state index in [1.165, 1.54) is 31.2 Å². The van der Waals surface area contributed by atoms with Crippen LogP contribution < -0.4 is 0 Å². The van der Waals surface area contributed by atoms with E-state index in [0.29, 0.717) is 6.10 Å². The quantitative estimate of drug-likeness (QED) is 0.775. The Morgan fingerprint density at radius 2 is 2.00 bits per heavy atom. The standard InChI is InChI=1S/C15H21NO.ClH/c1-16-11-12-17-14-9-5-6-10-15(14,16)13-7-3-2-4-8-13;/h2-4,7-8,14H,5-6,9-12H2,1H3;1H. The summed E-state index contributed by atoms with van der Waals surface area (Å²) in [7, 11) is 2.26. The normalized spacial score (nSPS) is 32.4. The molecule has 1 saturated heterocycles. The fourth-order valence-corrected chi connectivity index (χ4v) is 3.59. The molecule has 1 saturated carbocycles. The molecule has 2 nitrogen and oxygen atoms in total. The van der Waals surface area contributed by atoms with E-state index in [4.69, 9.17) is 4.74 Å². The van der Waals surface area contributed by atoms with Gasteiger partial charge < -0.3 is 4.74 Å². The van der Waals surface area contributed by atoms with Gasteiger partial charge in [0.1, 0.15) is 0 Å². The predicted molar refractivity (Wildman–Crippen MR) is 76.2 cm³/mol. The molecule has 0 spiro atoms. The fourth-order valence-electron chi connectivity index (χ4n) is 3.59. The largest absolute Gasteiger partial charge is 0.375 e. The van der Waals surface area contributed by atoms with E-state index in [2.05, 4.69) is 42.3 Å². The van der Waals surface area contributed by atoms with E-state index in [0.717, 1.165) is 13.2 Å². The lowest BCUT2D eigenvalue weighted by molar-refractivity contribution is -0.141. The second kappa shape index (κ2) is 5.60. The average Bonchev–Trinajstić information content (AvgIpc) is 2.40. The summed E-state index contributed by atoms with van der Waals surface area (Å²) >= 11 is 0. The van der Waals surface area contributed by atoms with Crippen molar-refractivity contribution >= 4 is 12.4 Å². The third kappa shape index (κ3) is 2.07. The molecule has 0 N–H and O–H groups in total. The van der Waals surface area contributed by atoms with E-state index in [1.807, 2.05) is 0 Å². The van der Waals surface area contributed by atoms with Crippen molar-refractivity contribution in [2.24, 2.45) is 0 Å². The summed E-state index contributed by atoms with van der Waals surface area (Å²) in [6, 6.07) is 10.9. The second-order valence-corrected chi connectivity index (χ2v) is 5.32. The summed E-state index contributed by atoms with van der Waals surface area (Å²) in [5.74, 6) is 0. The van der Waals surface area contributed by atoms with Crippen LogP contribution in [0.15, 0.2) is 30.3 Å². The highest BCUT2D eigenvalue weighted by molar-refractivity contribution is 5.85. The molecule has 0 bridgehead atoms. The molecule has 2 unspecified atom stereocenters. The topological polar surface area (TPSA) is 12.5 Å². The summed E-state index contributed by atoms with van der Waals surface area (Å²) in [6.07, 6.45) is 5.46. The molecule has 2 atom stereocenters. The molecule has 0 aromatic heterocycles. The Bertz CT molecular complexity index is 381. The van der Waals surface area contributed by atoms with Crippen LogP contribution in [0, 0.1) is 0 Å². The van der Waals surface area contributed by atoms with Gasteiger partial charge in [-0.1, -0.05) is 43.2 Å². The van der Waals surface area contributed by atoms with Crippen molar-refractivity contribution in [3.63, 3.8) is 0 Å². The molecule has 18 heavy (non-hydrogen) atoms. The lowest BCUT2D eigenvalue weighted by Gasteiger charge is -2.53. The van der Waals surface area contributed by atoms with Crippen molar-refractivity contribution in [1.82, 2.24) is 4.90 Å². The van der Waals surface area contributed by atoms with E-state index in [1.54, 1.807) is 0 Å². The Labute approximate surface area is 116 Å². The minimum absolute atomic E-state index is 0. The number of halogens is 1. The maximum Gasteiger partial charge on any atom is 0.0801 e. The smallest absolute Gasteiger partial charge is 0.0801 e. The molecule has 3 rings (SSSR count). The van der Waals surface area contributed by atoms with Crippen molar-refractivity contribution in [2.45, 2.75) is 37.3 Å². The van der Waals surface area contributed by atoms with Gasteiger partial charge >= 0.3 is 0 Å². The van der Waals surface area contributed by atoms with Crippen molar-refractivity contribution in [1.29, 1.82) is 0 Å². The van der Waals surface area contributed by atoms with Gasteiger partial charge in [-0.15, -0.1) is 12.4 Å². The highest BCUT2D eigenvalue weighted by Crippen LogP contribution is 2.44. The molecule has 1 aromatic carbocycles. The van der Waals surface area contributed by atoms with E-state index in [-0.39, 0.29) is 17.9 Å². The molecule has 0 amide bonds. The molecule has 100 valence electrons. The van der Waals surface area contributed by atoms with Gasteiger partial charge in [0.05, 0.1) is 18.2 Å². The first kappa shape index (κ1) is 13.9. The van der Waals surface area contributed by atoms with Crippen LogP contribution in [-0.4, -0.2) is 31.2 Å². The van der Waals surface area contributed by atoms with Gasteiger partial charge in [0.25, 0.3) is 0 Å². The van der Waals surface area contributed by atoms with Crippen LogP contribution in [-0.2, 0) is 10.3 Å². The minimum atomic E-state index is 0. The molecule has 2 aliphatic rings. The van der Waals surface area contributed by atoms with Crippen molar-refractivity contribution in [3.05, 3.63) is 35.9 Å². The Balaban J connectivity index is 0.00000120. The first-order chi connectivity index (χ1) is 8.34. The zero-order chi connectivity index (χ0) is 11.7. The van der Waals surface area contributed by atoms with Crippen LogP contribution in [0.2, 0.25) is 0 Å². The third-order valence-corrected chi connectivity index (χ3v) is 4.51. The predicted octanol–water partition coefficient (Wildman–Crippen LogP) is 3.21. The van der Waals surface area contributed by atoms with Gasteiger partial charge in [-0.2, -0.15) is 0 Å². The van der Waals surface area contributed by atoms with Crippen LogP contribution in [0.1, 0.15) is 31.2 Å². The van der Waals surface area contributed by atoms with Gasteiger partial charge in [0, 0.05) is 6.54 Å². The summed E-state index contributed by atoms with van der Waals surface area (Å²) < 4.78 is 6.07. The molecule has 3 heteroatoms. The molecule has 1 aromatic rings. The van der Waals surface area contributed by atoms with Gasteiger partial charge in [-0.05, 0) is 25.5 Å². The number of nitrogens with zero attached hydrogens (tertiary/aromatic N) is 1. The first-order valence-corrected chi connectivity index (χ1v) is 6.72. The van der Waals surface area contributed by atoms with Crippen LogP contribution >= 0.6 is 12.4 Å². The number of fused-ring (bicyclic) bond motifs is 1. The molecule has 0 radical (unpaired) electrons. The maximum atomic E-state index is 6.07. The third-order valence-electron chi connectivity index (χ3n) is 4.51. The van der Waals surface area contributed by atoms with Crippen molar-refractivity contribution < 1.29 is 4.74 Å². The summed E-state index contributed by atoms with van der Waals surface area (Å²) in [5, 5.41) is 0. The van der Waals surface area contributed by atoms with Gasteiger partial charge in [0.2, 0.25) is 0 Å². The fraction of sp³-hybridized carbons (Fsp3) is 0.600. The van der Waals surface area contributed by atoms with E-state index >= 15 is 0 Å². The number of hydrogen-bond donors (Lipinski definition) is 0. The highest BCUT2D eigenvalue weighted by atomic mass is 35.5. The van der Waals surface area contributed by atoms with Crippen LogP contribution in [0.4, 0.5) is 0 Å². The number of ether oxygens (including phenoxy) is 1. The molecule has 1 aliphatic heterocycles. The Morgan fingerprint density at radius 1 is 1.22 bits per heavy atom. The van der Waals surface area contributed by atoms with Gasteiger partial charge in [0.15, 0.2) is 0 Å². The van der Waals surface area contributed by atoms with Gasteiger partial charge in [-0.3, -0.25) is 4.90 Å². The summed E-state index contributed by atoms with van der Waals surface area (Å²) in [5.41, 5.74) is 1.57. The highest BCUT2D eigenvalue weighted by Gasteiger charge is 2.47. The van der Waals surface area contributed by atoms with Crippen LogP contribution in [0.5, 0.6) is 0 Å². The molecular formula is C15H22ClNO. The number of hydrogen-bond acceptors (Lipinski definition) is 2. The number of rotatable bonds is 1. The van der Waals surface area contributed by atoms with E-state index in [9.17, 15) is 0 Å². The lowest BCUT2D eigenvalue weighted by atomic mass is 9.72. The second-order valence-electron chi connectivity index (χ2n) is 5.32. The van der Waals surface area contributed by atoms with Crippen LogP contribution in [0.3, 0.4) is 0 Å². The Kier molecular flexibility index (Phi) is 4.31. The van der Waals surface area contributed by atoms with Gasteiger partial charge in [-0.25, -0.2) is 0 Å². The molecule has 2 fully saturated rings. The summed E-state index contributed by atoms with van der Waals surface area (Å²) in [6.45, 7) is 1.93. The lowest BCUT2D eigenvalue weighted by Crippen LogP contribution is -2.59. The van der Waals surface area contributed by atoms with Crippen LogP contribution in [0.25, 0.3) is 0 Å². The first-order valence-electron chi connectivity index (χ1n) is 6.72. The molecular weight excluding hydrogens is 246 g/mol. The SMILES string of the molecule is CN1CCOC2CCCCC21c1ccccc1.Cl. The minimum Gasteiger partial charge on any atom is -0.375 e. The molecule has 1 aliphatic carbocycles. The zero-order valence-electron chi connectivity index (χ0n) is 11.0. The Hall–Kier alpha value is -0.570. The Morgan fingerprint density at radius 3 is 2.78 bits per heavy atom. The number of benzene rings is 1. The van der Waals surface area contributed by atoms with E-state index < -0.39 is 0 Å². The number of likely N-dealkylation sites (N-methyl/N-ethyl adjacent to an activating group) is 1. The average molecular weight is 268 g/mol. The van der Waals surface area contributed by atoms with Crippen molar-refractivity contribution in [2.75, 3.05) is 20.2 Å². The maximum absolute atomic E-state index is 6.07. The van der Waals surface area contributed by atoms with Crippen molar-refractivity contribution in [3.8, 4) is 0 Å². The summed E-state index contributed by atoms with van der Waals surface area (Å²) in [4.78, 5) is 2.52. The zero-order valence-corrected chi connectivity index (χ0v) is 11.8. The molecule has 1 heterocycles.